The minimum absolute atomic E-state index is 0.0394. The Bertz CT molecular complexity index is 576. The molecule has 1 aromatic carbocycles. The summed E-state index contributed by atoms with van der Waals surface area (Å²) in [6.07, 6.45) is 0. The van der Waals surface area contributed by atoms with Gasteiger partial charge in [0.2, 0.25) is 5.91 Å². The van der Waals surface area contributed by atoms with Crippen LogP contribution < -0.4 is 5.32 Å². The van der Waals surface area contributed by atoms with Crippen molar-refractivity contribution in [2.24, 2.45) is 0 Å². The molecule has 0 aliphatic carbocycles. The van der Waals surface area contributed by atoms with Crippen LogP contribution in [0, 0.1) is 0 Å². The van der Waals surface area contributed by atoms with Gasteiger partial charge in [0.05, 0.1) is 12.6 Å². The highest BCUT2D eigenvalue weighted by Gasteiger charge is 2.30. The van der Waals surface area contributed by atoms with Crippen molar-refractivity contribution < 1.29 is 14.3 Å². The second kappa shape index (κ2) is 8.80. The number of amides is 2. The van der Waals surface area contributed by atoms with Crippen molar-refractivity contribution >= 4 is 11.8 Å². The maximum atomic E-state index is 12.0. The summed E-state index contributed by atoms with van der Waals surface area (Å²) in [4.78, 5) is 28.1. The van der Waals surface area contributed by atoms with Gasteiger partial charge in [0, 0.05) is 52.3 Å². The normalized spacial score (nSPS) is 18.5. The average molecular weight is 333 g/mol. The molecule has 6 heteroatoms. The Morgan fingerprint density at radius 1 is 1.33 bits per heavy atom. The minimum atomic E-state index is -0.116. The smallest absolute Gasteiger partial charge is 0.251 e. The number of hydrogen-bond donors (Lipinski definition) is 1. The van der Waals surface area contributed by atoms with Crippen LogP contribution in [0.3, 0.4) is 0 Å². The lowest BCUT2D eigenvalue weighted by Gasteiger charge is -2.41. The fourth-order valence-corrected chi connectivity index (χ4v) is 3.07. The van der Waals surface area contributed by atoms with E-state index in [1.165, 1.54) is 0 Å². The first kappa shape index (κ1) is 18.4. The standard InChI is InChI=1S/C18H27N3O3/c1-4-24-11-10-20-8-9-21(14(2)22)17(13-20)15-6-5-7-16(12-15)18(23)19-3/h5-7,12,17H,4,8-11,13H2,1-3H3,(H,19,23)/t17-/m0/s1. The Hall–Kier alpha value is -1.92. The van der Waals surface area contributed by atoms with E-state index in [-0.39, 0.29) is 17.9 Å². The van der Waals surface area contributed by atoms with Gasteiger partial charge in [-0.15, -0.1) is 0 Å². The lowest BCUT2D eigenvalue weighted by molar-refractivity contribution is -0.134. The van der Waals surface area contributed by atoms with Crippen LogP contribution in [0.2, 0.25) is 0 Å². The number of carbonyl (C=O) groups is 2. The maximum absolute atomic E-state index is 12.0. The predicted octanol–water partition coefficient (Wildman–Crippen LogP) is 1.29. The summed E-state index contributed by atoms with van der Waals surface area (Å²) in [7, 11) is 1.62. The van der Waals surface area contributed by atoms with E-state index < -0.39 is 0 Å². The summed E-state index contributed by atoms with van der Waals surface area (Å²) in [5, 5.41) is 2.64. The second-order valence-corrected chi connectivity index (χ2v) is 5.93. The van der Waals surface area contributed by atoms with Crippen LogP contribution in [0.1, 0.15) is 35.8 Å². The Morgan fingerprint density at radius 2 is 2.12 bits per heavy atom. The molecule has 1 aromatic rings. The largest absolute Gasteiger partial charge is 0.380 e. The molecule has 1 fully saturated rings. The Labute approximate surface area is 143 Å². The third-order valence-corrected chi connectivity index (χ3v) is 4.39. The van der Waals surface area contributed by atoms with Gasteiger partial charge in [0.1, 0.15) is 0 Å². The van der Waals surface area contributed by atoms with Crippen LogP contribution in [-0.4, -0.2) is 68.1 Å². The SMILES string of the molecule is CCOCCN1CCN(C(C)=O)[C@H](c2cccc(C(=O)NC)c2)C1. The zero-order valence-corrected chi connectivity index (χ0v) is 14.7. The number of nitrogens with zero attached hydrogens (tertiary/aromatic N) is 2. The zero-order chi connectivity index (χ0) is 17.5. The molecule has 1 saturated heterocycles. The van der Waals surface area contributed by atoms with Gasteiger partial charge in [-0.1, -0.05) is 12.1 Å². The molecule has 1 heterocycles. The van der Waals surface area contributed by atoms with Gasteiger partial charge in [0.15, 0.2) is 0 Å². The predicted molar refractivity (Wildman–Crippen MR) is 92.9 cm³/mol. The van der Waals surface area contributed by atoms with Crippen molar-refractivity contribution in [2.75, 3.05) is 46.4 Å². The van der Waals surface area contributed by atoms with E-state index in [1.54, 1.807) is 20.0 Å². The van der Waals surface area contributed by atoms with Crippen molar-refractivity contribution in [3.8, 4) is 0 Å². The van der Waals surface area contributed by atoms with Crippen molar-refractivity contribution in [1.29, 1.82) is 0 Å². The van der Waals surface area contributed by atoms with Crippen LogP contribution in [0.15, 0.2) is 24.3 Å². The fourth-order valence-electron chi connectivity index (χ4n) is 3.07. The molecule has 1 aliphatic heterocycles. The van der Waals surface area contributed by atoms with Crippen molar-refractivity contribution in [2.45, 2.75) is 19.9 Å². The molecular weight excluding hydrogens is 306 g/mol. The highest BCUT2D eigenvalue weighted by atomic mass is 16.5. The van der Waals surface area contributed by atoms with E-state index in [0.717, 1.165) is 25.2 Å². The van der Waals surface area contributed by atoms with Crippen molar-refractivity contribution in [1.82, 2.24) is 15.1 Å². The van der Waals surface area contributed by atoms with Gasteiger partial charge >= 0.3 is 0 Å². The average Bonchev–Trinajstić information content (AvgIpc) is 2.61. The van der Waals surface area contributed by atoms with E-state index in [2.05, 4.69) is 10.2 Å². The number of piperazine rings is 1. The van der Waals surface area contributed by atoms with E-state index >= 15 is 0 Å². The number of nitrogens with one attached hydrogen (secondary N) is 1. The number of rotatable bonds is 6. The molecule has 0 saturated carbocycles. The van der Waals surface area contributed by atoms with Gasteiger partial charge in [-0.2, -0.15) is 0 Å². The summed E-state index contributed by atoms with van der Waals surface area (Å²) < 4.78 is 5.44. The van der Waals surface area contributed by atoms with Crippen LogP contribution in [0.4, 0.5) is 0 Å². The molecule has 2 rings (SSSR count). The Morgan fingerprint density at radius 3 is 2.79 bits per heavy atom. The van der Waals surface area contributed by atoms with E-state index in [9.17, 15) is 9.59 Å². The number of benzene rings is 1. The molecule has 1 aliphatic rings. The molecule has 6 nitrogen and oxygen atoms in total. The first-order chi connectivity index (χ1) is 11.6. The van der Waals surface area contributed by atoms with Crippen LogP contribution in [0.25, 0.3) is 0 Å². The third-order valence-electron chi connectivity index (χ3n) is 4.39. The maximum Gasteiger partial charge on any atom is 0.251 e. The van der Waals surface area contributed by atoms with Gasteiger partial charge in [0.25, 0.3) is 5.91 Å². The summed E-state index contributed by atoms with van der Waals surface area (Å²) in [5.74, 6) is -0.0509. The zero-order valence-electron chi connectivity index (χ0n) is 14.7. The molecule has 132 valence electrons. The summed E-state index contributed by atoms with van der Waals surface area (Å²) >= 11 is 0. The lowest BCUT2D eigenvalue weighted by atomic mass is 9.99. The molecule has 1 atom stereocenters. The summed E-state index contributed by atoms with van der Waals surface area (Å²) in [6, 6.07) is 7.49. The van der Waals surface area contributed by atoms with Crippen LogP contribution in [0.5, 0.6) is 0 Å². The molecule has 0 unspecified atom stereocenters. The van der Waals surface area contributed by atoms with Crippen LogP contribution in [-0.2, 0) is 9.53 Å². The summed E-state index contributed by atoms with van der Waals surface area (Å²) in [5.41, 5.74) is 1.61. The molecule has 0 bridgehead atoms. The quantitative estimate of drug-likeness (QED) is 0.797. The van der Waals surface area contributed by atoms with E-state index in [0.29, 0.717) is 25.3 Å². The number of carbonyl (C=O) groups excluding carboxylic acids is 2. The number of hydrogen-bond acceptors (Lipinski definition) is 4. The lowest BCUT2D eigenvalue weighted by Crippen LogP contribution is -2.50. The molecule has 2 amide bonds. The van der Waals surface area contributed by atoms with Gasteiger partial charge in [-0.05, 0) is 24.6 Å². The Kier molecular flexibility index (Phi) is 6.75. The molecule has 0 spiro atoms. The highest BCUT2D eigenvalue weighted by molar-refractivity contribution is 5.94. The molecule has 0 radical (unpaired) electrons. The first-order valence-corrected chi connectivity index (χ1v) is 8.46. The number of ether oxygens (including phenoxy) is 1. The van der Waals surface area contributed by atoms with Gasteiger partial charge in [-0.3, -0.25) is 14.5 Å². The topological polar surface area (TPSA) is 61.9 Å². The molecule has 24 heavy (non-hydrogen) atoms. The van der Waals surface area contributed by atoms with Crippen LogP contribution >= 0.6 is 0 Å². The van der Waals surface area contributed by atoms with Crippen molar-refractivity contribution in [3.05, 3.63) is 35.4 Å². The van der Waals surface area contributed by atoms with Gasteiger partial charge < -0.3 is 15.0 Å². The first-order valence-electron chi connectivity index (χ1n) is 8.46. The minimum Gasteiger partial charge on any atom is -0.380 e. The van der Waals surface area contributed by atoms with E-state index in [1.807, 2.05) is 30.0 Å². The van der Waals surface area contributed by atoms with Gasteiger partial charge in [-0.25, -0.2) is 0 Å². The summed E-state index contributed by atoms with van der Waals surface area (Å²) in [6.45, 7) is 8.14. The second-order valence-electron chi connectivity index (χ2n) is 5.93. The molecule has 0 aromatic heterocycles. The molecular formula is C18H27N3O3. The fraction of sp³-hybridized carbons (Fsp3) is 0.556. The van der Waals surface area contributed by atoms with E-state index in [4.69, 9.17) is 4.74 Å². The highest BCUT2D eigenvalue weighted by Crippen LogP contribution is 2.26. The molecule has 1 N–H and O–H groups in total. The third kappa shape index (κ3) is 4.55. The monoisotopic (exact) mass is 333 g/mol. The Balaban J connectivity index is 2.18. The van der Waals surface area contributed by atoms with Crippen molar-refractivity contribution in [3.63, 3.8) is 0 Å².